The van der Waals surface area contributed by atoms with Crippen LogP contribution in [0.15, 0.2) is 24.3 Å². The van der Waals surface area contributed by atoms with Crippen molar-refractivity contribution in [2.24, 2.45) is 23.2 Å². The number of rotatable bonds is 9. The third-order valence-electron chi connectivity index (χ3n) is 8.18. The van der Waals surface area contributed by atoms with Gasteiger partial charge in [-0.05, 0) is 80.2 Å². The predicted molar refractivity (Wildman–Crippen MR) is 124 cm³/mol. The quantitative estimate of drug-likeness (QED) is 0.389. The number of morpholine rings is 1. The van der Waals surface area contributed by atoms with Crippen molar-refractivity contribution in [2.75, 3.05) is 46.1 Å². The minimum absolute atomic E-state index is 0.312. The maximum absolute atomic E-state index is 12.8. The van der Waals surface area contributed by atoms with Crippen LogP contribution in [0.1, 0.15) is 55.3 Å². The molecule has 5 aliphatic rings. The molecule has 1 heterocycles. The van der Waals surface area contributed by atoms with Crippen LogP contribution in [0.5, 0.6) is 0 Å². The van der Waals surface area contributed by atoms with E-state index in [0.29, 0.717) is 29.2 Å². The van der Waals surface area contributed by atoms with Crippen LogP contribution in [0.25, 0.3) is 0 Å². The molecule has 6 rings (SSSR count). The fraction of sp³-hybridized carbons (Fsp3) is 0.731. The van der Waals surface area contributed by atoms with E-state index in [1.165, 1.54) is 38.5 Å². The van der Waals surface area contributed by atoms with Gasteiger partial charge in [0.1, 0.15) is 6.10 Å². The molecule has 5 fully saturated rings. The molecule has 4 aliphatic carbocycles. The molecule has 1 aliphatic heterocycles. The summed E-state index contributed by atoms with van der Waals surface area (Å²) in [5.41, 5.74) is 0.928. The summed E-state index contributed by atoms with van der Waals surface area (Å²) in [5, 5.41) is 0.422. The Morgan fingerprint density at radius 3 is 2.41 bits per heavy atom. The standard InChI is InChI=1S/C26H36ClNO4/c27-24-4-2-1-3-23(24)25(29)32-22(17-28-6-9-30-10-7-28)18-31-8-5-26-14-19-11-20(15-26)13-21(12-19)16-26/h1-4,19-22H,5-18H2/t19?,20?,21?,22-,26?/m1/s1. The number of esters is 1. The van der Waals surface area contributed by atoms with E-state index in [9.17, 15) is 4.79 Å². The highest BCUT2D eigenvalue weighted by Crippen LogP contribution is 2.61. The molecule has 6 heteroatoms. The molecule has 1 aromatic carbocycles. The lowest BCUT2D eigenvalue weighted by Gasteiger charge is -2.57. The van der Waals surface area contributed by atoms with Gasteiger partial charge in [-0.2, -0.15) is 0 Å². The van der Waals surface area contributed by atoms with Crippen LogP contribution < -0.4 is 0 Å². The zero-order chi connectivity index (χ0) is 22.0. The van der Waals surface area contributed by atoms with Crippen LogP contribution in [0.2, 0.25) is 5.02 Å². The molecule has 4 saturated carbocycles. The van der Waals surface area contributed by atoms with Crippen molar-refractivity contribution in [2.45, 2.75) is 51.0 Å². The molecule has 5 nitrogen and oxygen atoms in total. The molecule has 0 amide bonds. The Bertz CT molecular complexity index is 759. The monoisotopic (exact) mass is 461 g/mol. The number of ether oxygens (including phenoxy) is 3. The Balaban J connectivity index is 1.15. The zero-order valence-corrected chi connectivity index (χ0v) is 19.7. The summed E-state index contributed by atoms with van der Waals surface area (Å²) in [6.07, 6.45) is 9.47. The molecule has 0 N–H and O–H groups in total. The average molecular weight is 462 g/mol. The Morgan fingerprint density at radius 2 is 1.75 bits per heavy atom. The number of hydrogen-bond donors (Lipinski definition) is 0. The summed E-state index contributed by atoms with van der Waals surface area (Å²) in [4.78, 5) is 15.1. The summed E-state index contributed by atoms with van der Waals surface area (Å²) in [5.74, 6) is 2.52. The molecular weight excluding hydrogens is 426 g/mol. The predicted octanol–water partition coefficient (Wildman–Crippen LogP) is 4.82. The summed E-state index contributed by atoms with van der Waals surface area (Å²) >= 11 is 6.21. The SMILES string of the molecule is O=C(O[C@@H](COCCC12CC3CC(CC(C3)C1)C2)CN1CCOCC1)c1ccccc1Cl. The normalized spacial score (nSPS) is 32.7. The molecule has 1 saturated heterocycles. The van der Waals surface area contributed by atoms with Crippen molar-refractivity contribution in [3.8, 4) is 0 Å². The average Bonchev–Trinajstić information content (AvgIpc) is 2.76. The topological polar surface area (TPSA) is 48.0 Å². The van der Waals surface area contributed by atoms with Crippen LogP contribution >= 0.6 is 11.6 Å². The first kappa shape index (κ1) is 22.6. The van der Waals surface area contributed by atoms with Crippen LogP contribution in [-0.4, -0.2) is 63.0 Å². The van der Waals surface area contributed by atoms with Gasteiger partial charge in [-0.3, -0.25) is 4.90 Å². The van der Waals surface area contributed by atoms with Crippen LogP contribution in [0, 0.1) is 23.2 Å². The fourth-order valence-electron chi connectivity index (χ4n) is 7.14. The maximum atomic E-state index is 12.8. The highest BCUT2D eigenvalue weighted by molar-refractivity contribution is 6.33. The van der Waals surface area contributed by atoms with E-state index in [2.05, 4.69) is 4.90 Å². The van der Waals surface area contributed by atoms with Gasteiger partial charge in [0.2, 0.25) is 0 Å². The molecule has 1 aromatic rings. The first-order chi connectivity index (χ1) is 15.6. The largest absolute Gasteiger partial charge is 0.455 e. The van der Waals surface area contributed by atoms with Gasteiger partial charge in [-0.15, -0.1) is 0 Å². The van der Waals surface area contributed by atoms with E-state index >= 15 is 0 Å². The van der Waals surface area contributed by atoms with E-state index in [0.717, 1.165) is 57.1 Å². The smallest absolute Gasteiger partial charge is 0.340 e. The Labute approximate surface area is 196 Å². The number of nitrogens with zero attached hydrogens (tertiary/aromatic N) is 1. The number of hydrogen-bond acceptors (Lipinski definition) is 5. The van der Waals surface area contributed by atoms with E-state index in [1.807, 2.05) is 6.07 Å². The van der Waals surface area contributed by atoms with E-state index in [4.69, 9.17) is 25.8 Å². The Kier molecular flexibility index (Phi) is 7.08. The molecule has 0 aromatic heterocycles. The summed E-state index contributed by atoms with van der Waals surface area (Å²) in [7, 11) is 0. The van der Waals surface area contributed by atoms with Crippen LogP contribution in [0.4, 0.5) is 0 Å². The third kappa shape index (κ3) is 5.32. The van der Waals surface area contributed by atoms with Crippen molar-refractivity contribution < 1.29 is 19.0 Å². The van der Waals surface area contributed by atoms with Crippen molar-refractivity contribution in [1.29, 1.82) is 0 Å². The van der Waals surface area contributed by atoms with Crippen molar-refractivity contribution >= 4 is 17.6 Å². The summed E-state index contributed by atoms with van der Waals surface area (Å²) in [6.45, 7) is 5.00. The zero-order valence-electron chi connectivity index (χ0n) is 19.0. The first-order valence-electron chi connectivity index (χ1n) is 12.4. The maximum Gasteiger partial charge on any atom is 0.340 e. The van der Waals surface area contributed by atoms with E-state index in [-0.39, 0.29) is 12.1 Å². The van der Waals surface area contributed by atoms with Gasteiger partial charge in [0.05, 0.1) is 30.4 Å². The molecule has 0 spiro atoms. The van der Waals surface area contributed by atoms with Crippen molar-refractivity contribution in [3.63, 3.8) is 0 Å². The number of carbonyl (C=O) groups is 1. The van der Waals surface area contributed by atoms with Crippen LogP contribution in [0.3, 0.4) is 0 Å². The molecule has 32 heavy (non-hydrogen) atoms. The Morgan fingerprint density at radius 1 is 1.09 bits per heavy atom. The van der Waals surface area contributed by atoms with Gasteiger partial charge < -0.3 is 14.2 Å². The van der Waals surface area contributed by atoms with Gasteiger partial charge in [0, 0.05) is 26.2 Å². The number of halogens is 1. The molecule has 0 unspecified atom stereocenters. The second kappa shape index (κ2) is 10.0. The minimum Gasteiger partial charge on any atom is -0.455 e. The van der Waals surface area contributed by atoms with Gasteiger partial charge in [0.25, 0.3) is 0 Å². The Hall–Kier alpha value is -1.14. The lowest BCUT2D eigenvalue weighted by atomic mass is 9.49. The molecule has 176 valence electrons. The van der Waals surface area contributed by atoms with Gasteiger partial charge >= 0.3 is 5.97 Å². The van der Waals surface area contributed by atoms with Crippen molar-refractivity contribution in [3.05, 3.63) is 34.9 Å². The minimum atomic E-state index is -0.376. The molecular formula is C26H36ClNO4. The van der Waals surface area contributed by atoms with Crippen molar-refractivity contribution in [1.82, 2.24) is 4.90 Å². The van der Waals surface area contributed by atoms with Gasteiger partial charge in [-0.25, -0.2) is 4.79 Å². The summed E-state index contributed by atoms with van der Waals surface area (Å²) in [6, 6.07) is 7.06. The highest BCUT2D eigenvalue weighted by atomic mass is 35.5. The van der Waals surface area contributed by atoms with Gasteiger partial charge in [0.15, 0.2) is 0 Å². The van der Waals surface area contributed by atoms with Gasteiger partial charge in [-0.1, -0.05) is 23.7 Å². The summed E-state index contributed by atoms with van der Waals surface area (Å²) < 4.78 is 17.5. The van der Waals surface area contributed by atoms with E-state index < -0.39 is 0 Å². The first-order valence-corrected chi connectivity index (χ1v) is 12.8. The lowest BCUT2D eigenvalue weighted by Crippen LogP contribution is -2.46. The molecule has 0 radical (unpaired) electrons. The fourth-order valence-corrected chi connectivity index (χ4v) is 7.35. The molecule has 4 bridgehead atoms. The number of carbonyl (C=O) groups excluding carboxylic acids is 1. The second-order valence-corrected chi connectivity index (χ2v) is 11.1. The second-order valence-electron chi connectivity index (χ2n) is 10.7. The number of benzene rings is 1. The molecule has 1 atom stereocenters. The van der Waals surface area contributed by atoms with Crippen LogP contribution in [-0.2, 0) is 14.2 Å². The lowest BCUT2D eigenvalue weighted by molar-refractivity contribution is -0.0768. The third-order valence-corrected chi connectivity index (χ3v) is 8.51. The highest BCUT2D eigenvalue weighted by Gasteiger charge is 2.50. The van der Waals surface area contributed by atoms with E-state index in [1.54, 1.807) is 18.2 Å².